The highest BCUT2D eigenvalue weighted by Gasteiger charge is 2.36. The lowest BCUT2D eigenvalue weighted by atomic mass is 9.88. The number of piperazine rings is 1. The molecule has 3 aromatic rings. The smallest absolute Gasteiger partial charge is 0.246 e. The van der Waals surface area contributed by atoms with Crippen molar-refractivity contribution in [3.63, 3.8) is 0 Å². The Morgan fingerprint density at radius 2 is 1.84 bits per heavy atom. The van der Waals surface area contributed by atoms with Gasteiger partial charge in [0.25, 0.3) is 0 Å². The normalized spacial score (nSPS) is 21.1. The number of aromatic nitrogens is 2. The first-order valence-electron chi connectivity index (χ1n) is 18.2. The van der Waals surface area contributed by atoms with Crippen LogP contribution in [0.4, 0.5) is 11.5 Å². The van der Waals surface area contributed by atoms with Crippen LogP contribution in [0.1, 0.15) is 52.8 Å². The van der Waals surface area contributed by atoms with E-state index in [1.54, 1.807) is 4.90 Å². The Morgan fingerprint density at radius 3 is 2.60 bits per heavy atom. The van der Waals surface area contributed by atoms with Crippen LogP contribution in [0.2, 0.25) is 0 Å². The highest BCUT2D eigenvalue weighted by molar-refractivity contribution is 5.87. The SMILES string of the molecule is C=CC(=O)N1CCN(c2nc(OC[C@@H]3CCCN3C)c(-c3c(C)ccnc3C)c3c2CCN(c2cccc4c2CCN(C)C4)C3)C[C@@H]1CC#N. The van der Waals surface area contributed by atoms with Crippen molar-refractivity contribution in [2.45, 2.75) is 71.1 Å². The number of rotatable bonds is 8. The summed E-state index contributed by atoms with van der Waals surface area (Å²) in [5.41, 5.74) is 10.9. The van der Waals surface area contributed by atoms with Crippen molar-refractivity contribution in [3.05, 3.63) is 76.6 Å². The van der Waals surface area contributed by atoms with Crippen molar-refractivity contribution < 1.29 is 9.53 Å². The fourth-order valence-corrected chi connectivity index (χ4v) is 8.62. The van der Waals surface area contributed by atoms with Crippen molar-refractivity contribution in [2.75, 3.05) is 69.8 Å². The van der Waals surface area contributed by atoms with Gasteiger partial charge in [0.05, 0.1) is 24.1 Å². The quantitative estimate of drug-likeness (QED) is 0.310. The molecular weight excluding hydrogens is 624 g/mol. The Labute approximate surface area is 296 Å². The number of benzene rings is 1. The van der Waals surface area contributed by atoms with E-state index in [-0.39, 0.29) is 18.4 Å². The molecule has 1 aromatic carbocycles. The molecule has 0 saturated carbocycles. The van der Waals surface area contributed by atoms with Gasteiger partial charge in [0.15, 0.2) is 0 Å². The highest BCUT2D eigenvalue weighted by Crippen LogP contribution is 2.45. The number of likely N-dealkylation sites (N-methyl/N-ethyl adjacent to an activating group) is 2. The molecule has 2 saturated heterocycles. The van der Waals surface area contributed by atoms with E-state index in [4.69, 9.17) is 14.7 Å². The van der Waals surface area contributed by atoms with E-state index in [0.29, 0.717) is 38.2 Å². The lowest BCUT2D eigenvalue weighted by molar-refractivity contribution is -0.128. The highest BCUT2D eigenvalue weighted by atomic mass is 16.5. The first-order chi connectivity index (χ1) is 24.3. The number of likely N-dealkylation sites (tertiary alicyclic amines) is 1. The first kappa shape index (κ1) is 34.0. The summed E-state index contributed by atoms with van der Waals surface area (Å²) >= 11 is 0. The largest absolute Gasteiger partial charge is 0.475 e. The molecule has 0 N–H and O–H groups in total. The zero-order chi connectivity index (χ0) is 34.9. The number of anilines is 2. The summed E-state index contributed by atoms with van der Waals surface area (Å²) in [5, 5.41) is 9.74. The minimum atomic E-state index is -0.246. The van der Waals surface area contributed by atoms with Crippen LogP contribution in [0.25, 0.3) is 11.1 Å². The second-order valence-electron chi connectivity index (χ2n) is 14.5. The van der Waals surface area contributed by atoms with Gasteiger partial charge in [-0.05, 0) is 101 Å². The van der Waals surface area contributed by atoms with Gasteiger partial charge in [-0.25, -0.2) is 0 Å². The van der Waals surface area contributed by atoms with Crippen LogP contribution in [0.15, 0.2) is 43.1 Å². The lowest BCUT2D eigenvalue weighted by Crippen LogP contribution is -2.55. The van der Waals surface area contributed by atoms with Crippen LogP contribution < -0.4 is 14.5 Å². The number of ether oxygens (including phenoxy) is 1. The molecule has 0 spiro atoms. The number of nitrogens with zero attached hydrogens (tertiary/aromatic N) is 8. The fourth-order valence-electron chi connectivity index (χ4n) is 8.62. The molecule has 7 rings (SSSR count). The van der Waals surface area contributed by atoms with Gasteiger partial charge in [0, 0.05) is 80.6 Å². The number of nitriles is 1. The molecule has 2 atom stereocenters. The third-order valence-electron chi connectivity index (χ3n) is 11.4. The van der Waals surface area contributed by atoms with Crippen molar-refractivity contribution in [1.29, 1.82) is 5.26 Å². The maximum Gasteiger partial charge on any atom is 0.246 e. The molecule has 10 heteroatoms. The molecule has 10 nitrogen and oxygen atoms in total. The van der Waals surface area contributed by atoms with Crippen LogP contribution in [0.3, 0.4) is 0 Å². The van der Waals surface area contributed by atoms with Gasteiger partial charge in [0.1, 0.15) is 12.4 Å². The minimum absolute atomic E-state index is 0.129. The molecule has 2 fully saturated rings. The summed E-state index contributed by atoms with van der Waals surface area (Å²) in [7, 11) is 4.38. The molecule has 0 bridgehead atoms. The zero-order valence-electron chi connectivity index (χ0n) is 30.1. The molecule has 0 aliphatic carbocycles. The standard InChI is InChI=1S/C40H50N8O2/c1-6-36(49)48-22-21-47(24-30(48)12-16-41)39-33-15-20-46(35-11-7-9-29-23-44(4)19-14-32(29)35)25-34(33)38(37-27(2)13-17-42-28(37)3)40(43-39)50-26-31-10-8-18-45(31)5/h6-7,9,11,13,17,30-31H,1,8,10,12,14-15,18-26H2,2-5H3/t30-,31-/m0/s1. The first-order valence-corrected chi connectivity index (χ1v) is 18.2. The number of amides is 1. The molecule has 4 aliphatic rings. The van der Waals surface area contributed by atoms with Crippen molar-refractivity contribution in [2.24, 2.45) is 0 Å². The summed E-state index contributed by atoms with van der Waals surface area (Å²) in [6.07, 6.45) is 7.63. The number of hydrogen-bond acceptors (Lipinski definition) is 9. The molecule has 0 unspecified atom stereocenters. The van der Waals surface area contributed by atoms with Gasteiger partial charge in [-0.3, -0.25) is 9.78 Å². The number of pyridine rings is 2. The Balaban J connectivity index is 1.37. The lowest BCUT2D eigenvalue weighted by Gasteiger charge is -2.43. The fraction of sp³-hybridized carbons (Fsp3) is 0.500. The van der Waals surface area contributed by atoms with Crippen molar-refractivity contribution >= 4 is 17.4 Å². The Kier molecular flexibility index (Phi) is 9.80. The third-order valence-corrected chi connectivity index (χ3v) is 11.4. The predicted molar refractivity (Wildman–Crippen MR) is 197 cm³/mol. The monoisotopic (exact) mass is 674 g/mol. The molecule has 1 amide bonds. The summed E-state index contributed by atoms with van der Waals surface area (Å²) < 4.78 is 6.89. The van der Waals surface area contributed by atoms with E-state index in [1.165, 1.54) is 40.4 Å². The van der Waals surface area contributed by atoms with Gasteiger partial charge >= 0.3 is 0 Å². The Hall–Kier alpha value is -4.46. The molecule has 50 heavy (non-hydrogen) atoms. The number of fused-ring (bicyclic) bond motifs is 2. The van der Waals surface area contributed by atoms with Crippen molar-refractivity contribution in [1.82, 2.24) is 24.7 Å². The third kappa shape index (κ3) is 6.45. The predicted octanol–water partition coefficient (Wildman–Crippen LogP) is 4.90. The number of hydrogen-bond donors (Lipinski definition) is 0. The van der Waals surface area contributed by atoms with Gasteiger partial charge in [-0.15, -0.1) is 0 Å². The average molecular weight is 675 g/mol. The van der Waals surface area contributed by atoms with E-state index < -0.39 is 0 Å². The minimum Gasteiger partial charge on any atom is -0.475 e. The van der Waals surface area contributed by atoms with Crippen LogP contribution in [-0.2, 0) is 30.7 Å². The second kappa shape index (κ2) is 14.4. The van der Waals surface area contributed by atoms with Gasteiger partial charge < -0.3 is 29.2 Å². The van der Waals surface area contributed by atoms with E-state index in [2.05, 4.69) is 84.5 Å². The maximum absolute atomic E-state index is 12.8. The van der Waals surface area contributed by atoms with E-state index in [0.717, 1.165) is 80.2 Å². The van der Waals surface area contributed by atoms with Gasteiger partial charge in [-0.1, -0.05) is 18.7 Å². The van der Waals surface area contributed by atoms with E-state index in [9.17, 15) is 10.1 Å². The molecule has 262 valence electrons. The summed E-state index contributed by atoms with van der Waals surface area (Å²) in [5.74, 6) is 1.44. The molecular formula is C40H50N8O2. The van der Waals surface area contributed by atoms with Crippen LogP contribution in [0, 0.1) is 25.2 Å². The second-order valence-corrected chi connectivity index (χ2v) is 14.5. The summed E-state index contributed by atoms with van der Waals surface area (Å²) in [4.78, 5) is 34.5. The van der Waals surface area contributed by atoms with Crippen LogP contribution >= 0.6 is 0 Å². The number of carbonyl (C=O) groups is 1. The van der Waals surface area contributed by atoms with E-state index in [1.807, 2.05) is 6.20 Å². The Bertz CT molecular complexity index is 1800. The maximum atomic E-state index is 12.8. The number of carbonyl (C=O) groups excluding carboxylic acids is 1. The van der Waals surface area contributed by atoms with Gasteiger partial charge in [0.2, 0.25) is 11.8 Å². The molecule has 6 heterocycles. The van der Waals surface area contributed by atoms with E-state index >= 15 is 0 Å². The summed E-state index contributed by atoms with van der Waals surface area (Å²) in [6, 6.07) is 11.3. The van der Waals surface area contributed by atoms with Crippen LogP contribution in [0.5, 0.6) is 5.88 Å². The topological polar surface area (TPSA) is 92.1 Å². The molecule has 2 aromatic heterocycles. The molecule has 4 aliphatic heterocycles. The number of aryl methyl sites for hydroxylation is 2. The summed E-state index contributed by atoms with van der Waals surface area (Å²) in [6.45, 7) is 14.9. The van der Waals surface area contributed by atoms with Crippen molar-refractivity contribution in [3.8, 4) is 23.1 Å². The zero-order valence-corrected chi connectivity index (χ0v) is 30.1. The van der Waals surface area contributed by atoms with Crippen LogP contribution in [-0.4, -0.2) is 103 Å². The average Bonchev–Trinajstić information content (AvgIpc) is 3.54. The Morgan fingerprint density at radius 1 is 1.00 bits per heavy atom. The van der Waals surface area contributed by atoms with Gasteiger partial charge in [-0.2, -0.15) is 10.2 Å². The molecule has 0 radical (unpaired) electrons.